The van der Waals surface area contributed by atoms with E-state index in [2.05, 4.69) is 20.8 Å². The Morgan fingerprint density at radius 3 is 2.17 bits per heavy atom. The maximum atomic E-state index is 11.2. The second-order valence-electron chi connectivity index (χ2n) is 6.52. The molecule has 2 N–H and O–H groups in total. The molecule has 1 atom stereocenters. The quantitative estimate of drug-likeness (QED) is 0.792. The van der Waals surface area contributed by atoms with Gasteiger partial charge in [-0.1, -0.05) is 34.1 Å². The van der Waals surface area contributed by atoms with Gasteiger partial charge in [0.15, 0.2) is 0 Å². The van der Waals surface area contributed by atoms with Gasteiger partial charge in [0.25, 0.3) is 0 Å². The fourth-order valence-electron chi connectivity index (χ4n) is 3.32. The molecule has 1 fully saturated rings. The average molecular weight is 256 g/mol. The minimum Gasteiger partial charge on any atom is -0.481 e. The average Bonchev–Trinajstić information content (AvgIpc) is 2.29. The second kappa shape index (κ2) is 5.60. The molecule has 0 spiro atoms. The molecule has 3 heteroatoms. The zero-order valence-corrected chi connectivity index (χ0v) is 12.2. The highest BCUT2D eigenvalue weighted by Gasteiger charge is 2.45. The van der Waals surface area contributed by atoms with E-state index in [1.165, 1.54) is 0 Å². The maximum Gasteiger partial charge on any atom is 0.309 e. The number of carboxylic acids is 1. The Morgan fingerprint density at radius 2 is 1.83 bits per heavy atom. The Kier molecular flexibility index (Phi) is 4.82. The molecule has 0 saturated heterocycles. The third kappa shape index (κ3) is 3.05. The van der Waals surface area contributed by atoms with E-state index in [1.807, 2.05) is 6.92 Å². The molecule has 0 aliphatic heterocycles. The van der Waals surface area contributed by atoms with E-state index in [1.54, 1.807) is 0 Å². The van der Waals surface area contributed by atoms with Gasteiger partial charge in [0.2, 0.25) is 0 Å². The number of carboxylic acid groups (broad SMARTS) is 1. The normalized spacial score (nSPS) is 31.1. The zero-order valence-electron chi connectivity index (χ0n) is 12.2. The highest BCUT2D eigenvalue weighted by Crippen LogP contribution is 2.46. The van der Waals surface area contributed by atoms with Crippen LogP contribution in [0, 0.1) is 17.3 Å². The second-order valence-corrected chi connectivity index (χ2v) is 6.52. The molecule has 0 aromatic heterocycles. The van der Waals surface area contributed by atoms with Gasteiger partial charge >= 0.3 is 5.97 Å². The number of aliphatic carboxylic acids is 1. The zero-order chi connectivity index (χ0) is 14.0. The van der Waals surface area contributed by atoms with Gasteiger partial charge in [-0.15, -0.1) is 0 Å². The first-order valence-corrected chi connectivity index (χ1v) is 7.22. The Hall–Kier alpha value is -0.570. The van der Waals surface area contributed by atoms with Gasteiger partial charge in [0.1, 0.15) is 0 Å². The van der Waals surface area contributed by atoms with Gasteiger partial charge in [0.05, 0.1) is 11.5 Å². The van der Waals surface area contributed by atoms with Crippen LogP contribution in [0.3, 0.4) is 0 Å². The van der Waals surface area contributed by atoms with Crippen molar-refractivity contribution in [1.29, 1.82) is 0 Å². The summed E-state index contributed by atoms with van der Waals surface area (Å²) in [7, 11) is 0. The lowest BCUT2D eigenvalue weighted by atomic mass is 9.63. The highest BCUT2D eigenvalue weighted by atomic mass is 16.4. The summed E-state index contributed by atoms with van der Waals surface area (Å²) in [5.41, 5.74) is -0.687. The predicted molar refractivity (Wildman–Crippen MR) is 72.4 cm³/mol. The molecular weight excluding hydrogens is 228 g/mol. The van der Waals surface area contributed by atoms with Gasteiger partial charge in [0, 0.05) is 0 Å². The molecule has 0 heterocycles. The molecule has 0 aromatic carbocycles. The molecule has 106 valence electrons. The van der Waals surface area contributed by atoms with Crippen molar-refractivity contribution in [3.63, 3.8) is 0 Å². The molecule has 18 heavy (non-hydrogen) atoms. The molecule has 0 bridgehead atoms. The van der Waals surface area contributed by atoms with Crippen molar-refractivity contribution in [3.8, 4) is 0 Å². The number of hydrogen-bond acceptors (Lipinski definition) is 2. The van der Waals surface area contributed by atoms with E-state index in [0.717, 1.165) is 19.3 Å². The summed E-state index contributed by atoms with van der Waals surface area (Å²) in [5, 5.41) is 19.8. The summed E-state index contributed by atoms with van der Waals surface area (Å²) in [6.07, 6.45) is 4.79. The van der Waals surface area contributed by atoms with Gasteiger partial charge in [-0.25, -0.2) is 0 Å². The van der Waals surface area contributed by atoms with Gasteiger partial charge in [-0.2, -0.15) is 0 Å². The standard InChI is InChI=1S/C15H28O3/c1-5-12(13(16)17)15(18)9-7-11(8-10-15)14(3,4)6-2/h11-12,18H,5-10H2,1-4H3,(H,16,17). The maximum absolute atomic E-state index is 11.2. The largest absolute Gasteiger partial charge is 0.481 e. The minimum absolute atomic E-state index is 0.298. The predicted octanol–water partition coefficient (Wildman–Crippen LogP) is 3.45. The Morgan fingerprint density at radius 1 is 1.33 bits per heavy atom. The smallest absolute Gasteiger partial charge is 0.309 e. The SMILES string of the molecule is CCC(C(=O)O)C1(O)CCC(C(C)(C)CC)CC1. The first-order valence-electron chi connectivity index (χ1n) is 7.22. The van der Waals surface area contributed by atoms with Crippen LogP contribution >= 0.6 is 0 Å². The lowest BCUT2D eigenvalue weighted by Gasteiger charge is -2.44. The third-order valence-corrected chi connectivity index (χ3v) is 5.22. The van der Waals surface area contributed by atoms with E-state index < -0.39 is 17.5 Å². The van der Waals surface area contributed by atoms with Crippen LogP contribution in [0.5, 0.6) is 0 Å². The number of carbonyl (C=O) groups is 1. The van der Waals surface area contributed by atoms with Crippen molar-refractivity contribution in [3.05, 3.63) is 0 Å². The van der Waals surface area contributed by atoms with Crippen molar-refractivity contribution >= 4 is 5.97 Å². The molecule has 1 aliphatic carbocycles. The Balaban J connectivity index is 2.70. The fourth-order valence-corrected chi connectivity index (χ4v) is 3.32. The molecule has 1 rings (SSSR count). The van der Waals surface area contributed by atoms with E-state index in [0.29, 0.717) is 30.6 Å². The summed E-state index contributed by atoms with van der Waals surface area (Å²) in [6, 6.07) is 0. The molecule has 1 aliphatic rings. The van der Waals surface area contributed by atoms with Gasteiger partial charge < -0.3 is 10.2 Å². The highest BCUT2D eigenvalue weighted by molar-refractivity contribution is 5.71. The van der Waals surface area contributed by atoms with Crippen LogP contribution in [0.2, 0.25) is 0 Å². The fraction of sp³-hybridized carbons (Fsp3) is 0.933. The Labute approximate surface area is 111 Å². The monoisotopic (exact) mass is 256 g/mol. The van der Waals surface area contributed by atoms with Crippen LogP contribution in [0.1, 0.15) is 66.2 Å². The van der Waals surface area contributed by atoms with Crippen molar-refractivity contribution in [1.82, 2.24) is 0 Å². The van der Waals surface area contributed by atoms with Crippen molar-refractivity contribution in [2.45, 2.75) is 71.8 Å². The summed E-state index contributed by atoms with van der Waals surface area (Å²) >= 11 is 0. The molecule has 0 amide bonds. The van der Waals surface area contributed by atoms with E-state index >= 15 is 0 Å². The molecule has 1 saturated carbocycles. The Bertz CT molecular complexity index is 288. The molecule has 1 unspecified atom stereocenters. The van der Waals surface area contributed by atoms with Crippen LogP contribution in [-0.2, 0) is 4.79 Å². The van der Waals surface area contributed by atoms with Crippen LogP contribution < -0.4 is 0 Å². The number of rotatable bonds is 5. The summed E-state index contributed by atoms with van der Waals surface area (Å²) in [6.45, 7) is 8.60. The van der Waals surface area contributed by atoms with Crippen LogP contribution in [-0.4, -0.2) is 21.8 Å². The van der Waals surface area contributed by atoms with E-state index in [4.69, 9.17) is 0 Å². The van der Waals surface area contributed by atoms with E-state index in [9.17, 15) is 15.0 Å². The number of aliphatic hydroxyl groups is 1. The minimum atomic E-state index is -0.985. The van der Waals surface area contributed by atoms with E-state index in [-0.39, 0.29) is 0 Å². The third-order valence-electron chi connectivity index (χ3n) is 5.22. The summed E-state index contributed by atoms with van der Waals surface area (Å²) in [5.74, 6) is -0.856. The van der Waals surface area contributed by atoms with Crippen molar-refractivity contribution in [2.24, 2.45) is 17.3 Å². The van der Waals surface area contributed by atoms with Crippen LogP contribution in [0.4, 0.5) is 0 Å². The summed E-state index contributed by atoms with van der Waals surface area (Å²) in [4.78, 5) is 11.2. The van der Waals surface area contributed by atoms with Crippen LogP contribution in [0.25, 0.3) is 0 Å². The van der Waals surface area contributed by atoms with Gasteiger partial charge in [-0.05, 0) is 43.4 Å². The lowest BCUT2D eigenvalue weighted by molar-refractivity contribution is -0.157. The number of hydrogen-bond donors (Lipinski definition) is 2. The van der Waals surface area contributed by atoms with Crippen molar-refractivity contribution < 1.29 is 15.0 Å². The molecule has 0 aromatic rings. The first kappa shape index (κ1) is 15.5. The molecule has 0 radical (unpaired) electrons. The topological polar surface area (TPSA) is 57.5 Å². The lowest BCUT2D eigenvalue weighted by Crippen LogP contribution is -2.46. The van der Waals surface area contributed by atoms with Crippen molar-refractivity contribution in [2.75, 3.05) is 0 Å². The van der Waals surface area contributed by atoms with Crippen LogP contribution in [0.15, 0.2) is 0 Å². The first-order chi connectivity index (χ1) is 8.27. The summed E-state index contributed by atoms with van der Waals surface area (Å²) < 4.78 is 0. The molecule has 3 nitrogen and oxygen atoms in total. The van der Waals surface area contributed by atoms with Gasteiger partial charge in [-0.3, -0.25) is 4.79 Å². The molecular formula is C15H28O3.